The summed E-state index contributed by atoms with van der Waals surface area (Å²) in [4.78, 5) is 0. The zero-order valence-corrected chi connectivity index (χ0v) is 7.18. The van der Waals surface area contributed by atoms with E-state index in [-0.39, 0.29) is 0 Å². The van der Waals surface area contributed by atoms with Crippen LogP contribution < -0.4 is 5.32 Å². The highest BCUT2D eigenvalue weighted by atomic mass is 79.9. The summed E-state index contributed by atoms with van der Waals surface area (Å²) in [5.41, 5.74) is 2.78. The number of thiophene rings is 1. The van der Waals surface area contributed by atoms with Gasteiger partial charge in [-0.2, -0.15) is 0 Å². The molecule has 0 radical (unpaired) electrons. The van der Waals surface area contributed by atoms with E-state index in [0.29, 0.717) is 0 Å². The van der Waals surface area contributed by atoms with Gasteiger partial charge < -0.3 is 5.32 Å². The van der Waals surface area contributed by atoms with Crippen LogP contribution in [-0.2, 0) is 6.42 Å². The Labute approximate surface area is 66.2 Å². The van der Waals surface area contributed by atoms with Crippen LogP contribution in [0.15, 0.2) is 9.17 Å². The number of hydrogen-bond acceptors (Lipinski definition) is 2. The number of anilines is 1. The van der Waals surface area contributed by atoms with Gasteiger partial charge in [0.2, 0.25) is 0 Å². The van der Waals surface area contributed by atoms with Crippen molar-refractivity contribution in [1.29, 1.82) is 0 Å². The average molecular weight is 204 g/mol. The van der Waals surface area contributed by atoms with Crippen LogP contribution >= 0.6 is 27.3 Å². The van der Waals surface area contributed by atoms with Crippen molar-refractivity contribution in [2.75, 3.05) is 11.9 Å². The first-order chi connectivity index (χ1) is 4.38. The fraction of sp³-hybridized carbons (Fsp3) is 0.333. The second-order valence-corrected chi connectivity index (χ2v) is 4.28. The lowest BCUT2D eigenvalue weighted by Crippen LogP contribution is -1.91. The van der Waals surface area contributed by atoms with Gasteiger partial charge in [-0.3, -0.25) is 0 Å². The van der Waals surface area contributed by atoms with Crippen LogP contribution in [0.5, 0.6) is 0 Å². The van der Waals surface area contributed by atoms with Crippen molar-refractivity contribution in [3.8, 4) is 0 Å². The van der Waals surface area contributed by atoms with E-state index in [1.54, 1.807) is 11.3 Å². The molecular weight excluding hydrogens is 198 g/mol. The van der Waals surface area contributed by atoms with Crippen LogP contribution in [0.25, 0.3) is 0 Å². The average Bonchev–Trinajstić information content (AvgIpc) is 2.35. The smallest absolute Gasteiger partial charge is 0.0932 e. The molecule has 48 valence electrons. The van der Waals surface area contributed by atoms with Gasteiger partial charge in [0.05, 0.1) is 9.47 Å². The van der Waals surface area contributed by atoms with Crippen molar-refractivity contribution in [3.63, 3.8) is 0 Å². The Morgan fingerprint density at radius 3 is 3.33 bits per heavy atom. The van der Waals surface area contributed by atoms with E-state index >= 15 is 0 Å². The van der Waals surface area contributed by atoms with Crippen LogP contribution in [0.2, 0.25) is 0 Å². The molecule has 9 heavy (non-hydrogen) atoms. The standard InChI is InChI=1S/C6H6BrNS/c7-6-5-4(3-9-6)1-2-8-5/h3,8H,1-2H2. The van der Waals surface area contributed by atoms with Gasteiger partial charge >= 0.3 is 0 Å². The lowest BCUT2D eigenvalue weighted by atomic mass is 10.3. The van der Waals surface area contributed by atoms with Gasteiger partial charge in [0.1, 0.15) is 0 Å². The van der Waals surface area contributed by atoms with Gasteiger partial charge in [-0.05, 0) is 33.3 Å². The van der Waals surface area contributed by atoms with Crippen LogP contribution in [0.4, 0.5) is 5.69 Å². The molecule has 0 amide bonds. The first kappa shape index (κ1) is 5.74. The summed E-state index contributed by atoms with van der Waals surface area (Å²) < 4.78 is 1.25. The maximum absolute atomic E-state index is 3.47. The second-order valence-electron chi connectivity index (χ2n) is 2.09. The molecule has 0 atom stereocenters. The van der Waals surface area contributed by atoms with Crippen LogP contribution in [-0.4, -0.2) is 6.54 Å². The summed E-state index contributed by atoms with van der Waals surface area (Å²) in [7, 11) is 0. The quantitative estimate of drug-likeness (QED) is 0.684. The van der Waals surface area contributed by atoms with E-state index < -0.39 is 0 Å². The Morgan fingerprint density at radius 1 is 1.67 bits per heavy atom. The summed E-state index contributed by atoms with van der Waals surface area (Å²) in [6.07, 6.45) is 1.19. The van der Waals surface area contributed by atoms with Crippen molar-refractivity contribution in [2.24, 2.45) is 0 Å². The molecule has 3 heteroatoms. The minimum absolute atomic E-state index is 1.11. The molecule has 1 aliphatic heterocycles. The Morgan fingerprint density at radius 2 is 2.56 bits per heavy atom. The molecule has 1 N–H and O–H groups in total. The predicted octanol–water partition coefficient (Wildman–Crippen LogP) is 2.48. The van der Waals surface area contributed by atoms with Gasteiger partial charge in [-0.25, -0.2) is 0 Å². The molecular formula is C6H6BrNS. The minimum Gasteiger partial charge on any atom is -0.383 e. The summed E-state index contributed by atoms with van der Waals surface area (Å²) in [6.45, 7) is 1.11. The highest BCUT2D eigenvalue weighted by Gasteiger charge is 2.13. The van der Waals surface area contributed by atoms with Gasteiger partial charge in [0.15, 0.2) is 0 Å². The Hall–Kier alpha value is -0.0200. The number of fused-ring (bicyclic) bond motifs is 1. The van der Waals surface area contributed by atoms with E-state index in [1.807, 2.05) is 0 Å². The maximum Gasteiger partial charge on any atom is 0.0932 e. The molecule has 0 spiro atoms. The third-order valence-corrected chi connectivity index (χ3v) is 3.29. The minimum atomic E-state index is 1.11. The summed E-state index contributed by atoms with van der Waals surface area (Å²) in [6, 6.07) is 0. The van der Waals surface area contributed by atoms with Crippen molar-refractivity contribution in [2.45, 2.75) is 6.42 Å². The highest BCUT2D eigenvalue weighted by molar-refractivity contribution is 9.11. The van der Waals surface area contributed by atoms with Crippen molar-refractivity contribution >= 4 is 33.0 Å². The number of nitrogens with one attached hydrogen (secondary N) is 1. The molecule has 1 aromatic heterocycles. The topological polar surface area (TPSA) is 12.0 Å². The molecule has 0 unspecified atom stereocenters. The van der Waals surface area contributed by atoms with Crippen molar-refractivity contribution in [3.05, 3.63) is 14.7 Å². The second kappa shape index (κ2) is 1.99. The summed E-state index contributed by atoms with van der Waals surface area (Å²) >= 11 is 5.23. The lowest BCUT2D eigenvalue weighted by molar-refractivity contribution is 1.11. The molecule has 2 heterocycles. The Bertz CT molecular complexity index is 231. The third-order valence-electron chi connectivity index (χ3n) is 1.52. The van der Waals surface area contributed by atoms with E-state index in [2.05, 4.69) is 26.6 Å². The maximum atomic E-state index is 3.47. The van der Waals surface area contributed by atoms with E-state index in [0.717, 1.165) is 6.54 Å². The summed E-state index contributed by atoms with van der Waals surface area (Å²) in [5.74, 6) is 0. The molecule has 0 aliphatic carbocycles. The zero-order valence-electron chi connectivity index (χ0n) is 4.78. The third kappa shape index (κ3) is 0.792. The predicted molar refractivity (Wildman–Crippen MR) is 44.2 cm³/mol. The fourth-order valence-electron chi connectivity index (χ4n) is 1.06. The monoisotopic (exact) mass is 203 g/mol. The van der Waals surface area contributed by atoms with Gasteiger partial charge in [0.25, 0.3) is 0 Å². The van der Waals surface area contributed by atoms with Gasteiger partial charge in [-0.15, -0.1) is 11.3 Å². The van der Waals surface area contributed by atoms with Crippen molar-refractivity contribution < 1.29 is 0 Å². The SMILES string of the molecule is Brc1scc2c1NCC2. The van der Waals surface area contributed by atoms with Crippen molar-refractivity contribution in [1.82, 2.24) is 0 Å². The highest BCUT2D eigenvalue weighted by Crippen LogP contribution is 2.36. The summed E-state index contributed by atoms with van der Waals surface area (Å²) in [5, 5.41) is 5.52. The molecule has 0 bridgehead atoms. The molecule has 0 aromatic carbocycles. The number of hydrogen-bond donors (Lipinski definition) is 1. The lowest BCUT2D eigenvalue weighted by Gasteiger charge is -1.91. The first-order valence-electron chi connectivity index (χ1n) is 2.87. The molecule has 0 fully saturated rings. The Balaban J connectivity index is 2.56. The molecule has 1 nitrogen and oxygen atoms in total. The van der Waals surface area contributed by atoms with E-state index in [4.69, 9.17) is 0 Å². The van der Waals surface area contributed by atoms with Crippen LogP contribution in [0.3, 0.4) is 0 Å². The normalized spacial score (nSPS) is 15.2. The number of halogens is 1. The molecule has 1 aliphatic rings. The molecule has 0 saturated carbocycles. The van der Waals surface area contributed by atoms with Gasteiger partial charge in [0, 0.05) is 6.54 Å². The zero-order chi connectivity index (χ0) is 6.27. The van der Waals surface area contributed by atoms with Crippen LogP contribution in [0, 0.1) is 0 Å². The molecule has 2 rings (SSSR count). The molecule has 1 aromatic rings. The molecule has 0 saturated heterocycles. The van der Waals surface area contributed by atoms with E-state index in [9.17, 15) is 0 Å². The van der Waals surface area contributed by atoms with Crippen LogP contribution in [0.1, 0.15) is 5.56 Å². The van der Waals surface area contributed by atoms with Gasteiger partial charge in [-0.1, -0.05) is 0 Å². The fourth-order valence-corrected chi connectivity index (χ4v) is 2.53. The Kier molecular flexibility index (Phi) is 1.27. The number of rotatable bonds is 0. The largest absolute Gasteiger partial charge is 0.383 e. The van der Waals surface area contributed by atoms with E-state index in [1.165, 1.54) is 21.5 Å². The first-order valence-corrected chi connectivity index (χ1v) is 4.55.